The van der Waals surface area contributed by atoms with Gasteiger partial charge in [0.15, 0.2) is 0 Å². The number of amides is 2. The third-order valence-corrected chi connectivity index (χ3v) is 3.81. The van der Waals surface area contributed by atoms with Gasteiger partial charge in [-0.1, -0.05) is 0 Å². The van der Waals surface area contributed by atoms with Crippen LogP contribution in [0, 0.1) is 0 Å². The molecule has 0 fully saturated rings. The van der Waals surface area contributed by atoms with Crippen LogP contribution in [0.4, 0.5) is 5.69 Å². The van der Waals surface area contributed by atoms with E-state index < -0.39 is 0 Å². The fraction of sp³-hybridized carbons (Fsp3) is 0.158. The molecule has 7 heteroatoms. The molecule has 0 saturated heterocycles. The summed E-state index contributed by atoms with van der Waals surface area (Å²) in [5.74, 6) is -0.280. The van der Waals surface area contributed by atoms with E-state index in [1.165, 1.54) is 4.90 Å². The Balaban J connectivity index is 1.67. The molecule has 0 spiro atoms. The first-order valence-electron chi connectivity index (χ1n) is 8.08. The summed E-state index contributed by atoms with van der Waals surface area (Å²) in [6, 6.07) is 12.4. The van der Waals surface area contributed by atoms with Crippen LogP contribution >= 0.6 is 0 Å². The summed E-state index contributed by atoms with van der Waals surface area (Å²) < 4.78 is 1.63. The molecule has 3 rings (SSSR count). The molecule has 0 aliphatic rings. The highest BCUT2D eigenvalue weighted by Crippen LogP contribution is 2.18. The lowest BCUT2D eigenvalue weighted by atomic mass is 10.2. The standard InChI is InChI=1S/C19H19N5O2/c1-23(2)19(26)15-3-5-16(6-4-15)22-18(25)13-24-17(9-12-21-24)14-7-10-20-11-8-14/h3-12H,13H2,1-2H3,(H,22,25). The molecule has 1 aromatic carbocycles. The third kappa shape index (κ3) is 3.94. The number of carbonyl (C=O) groups is 2. The molecule has 2 aromatic heterocycles. The molecule has 0 unspecified atom stereocenters. The molecule has 2 heterocycles. The van der Waals surface area contributed by atoms with E-state index in [1.54, 1.807) is 61.6 Å². The van der Waals surface area contributed by atoms with Crippen molar-refractivity contribution < 1.29 is 9.59 Å². The Morgan fingerprint density at radius 2 is 1.69 bits per heavy atom. The van der Waals surface area contributed by atoms with Crippen LogP contribution in [0.1, 0.15) is 10.4 Å². The molecule has 2 amide bonds. The second kappa shape index (κ2) is 7.60. The average Bonchev–Trinajstić information content (AvgIpc) is 3.10. The first-order valence-corrected chi connectivity index (χ1v) is 8.08. The van der Waals surface area contributed by atoms with Gasteiger partial charge in [0.1, 0.15) is 6.54 Å². The maximum absolute atomic E-state index is 12.3. The average molecular weight is 349 g/mol. The normalized spacial score (nSPS) is 10.4. The fourth-order valence-electron chi connectivity index (χ4n) is 2.52. The molecule has 0 atom stereocenters. The number of hydrogen-bond acceptors (Lipinski definition) is 4. The van der Waals surface area contributed by atoms with E-state index in [4.69, 9.17) is 0 Å². The molecule has 0 bridgehead atoms. The number of nitrogens with zero attached hydrogens (tertiary/aromatic N) is 4. The Labute approximate surface area is 151 Å². The number of anilines is 1. The van der Waals surface area contributed by atoms with Crippen molar-refractivity contribution in [2.24, 2.45) is 0 Å². The van der Waals surface area contributed by atoms with Crippen LogP contribution in [0.15, 0.2) is 61.1 Å². The van der Waals surface area contributed by atoms with Crippen LogP contribution in [0.3, 0.4) is 0 Å². The lowest BCUT2D eigenvalue weighted by Crippen LogP contribution is -2.22. The second-order valence-corrected chi connectivity index (χ2v) is 5.94. The maximum Gasteiger partial charge on any atom is 0.253 e. The van der Waals surface area contributed by atoms with Crippen molar-refractivity contribution in [1.29, 1.82) is 0 Å². The van der Waals surface area contributed by atoms with Crippen LogP contribution < -0.4 is 5.32 Å². The zero-order valence-corrected chi connectivity index (χ0v) is 14.6. The number of hydrogen-bond donors (Lipinski definition) is 1. The summed E-state index contributed by atoms with van der Waals surface area (Å²) in [5, 5.41) is 7.03. The van der Waals surface area contributed by atoms with E-state index in [-0.39, 0.29) is 18.4 Å². The van der Waals surface area contributed by atoms with Crippen molar-refractivity contribution >= 4 is 17.5 Å². The highest BCUT2D eigenvalue weighted by molar-refractivity contribution is 5.95. The van der Waals surface area contributed by atoms with Gasteiger partial charge in [-0.25, -0.2) is 0 Å². The molecule has 0 aliphatic heterocycles. The summed E-state index contributed by atoms with van der Waals surface area (Å²) in [6.07, 6.45) is 5.05. The summed E-state index contributed by atoms with van der Waals surface area (Å²) in [6.45, 7) is 0.0863. The Kier molecular flexibility index (Phi) is 5.07. The van der Waals surface area contributed by atoms with Crippen molar-refractivity contribution in [2.45, 2.75) is 6.54 Å². The van der Waals surface area contributed by atoms with E-state index in [2.05, 4.69) is 15.4 Å². The predicted octanol–water partition coefficient (Wildman–Crippen LogP) is 2.29. The summed E-state index contributed by atoms with van der Waals surface area (Å²) >= 11 is 0. The smallest absolute Gasteiger partial charge is 0.253 e. The molecule has 0 aliphatic carbocycles. The predicted molar refractivity (Wildman–Crippen MR) is 98.5 cm³/mol. The number of aromatic nitrogens is 3. The number of rotatable bonds is 5. The number of carbonyl (C=O) groups excluding carboxylic acids is 2. The quantitative estimate of drug-likeness (QED) is 0.766. The van der Waals surface area contributed by atoms with Gasteiger partial charge in [-0.15, -0.1) is 0 Å². The molecule has 0 radical (unpaired) electrons. The minimum absolute atomic E-state index is 0.0820. The van der Waals surface area contributed by atoms with E-state index in [9.17, 15) is 9.59 Å². The van der Waals surface area contributed by atoms with Gasteiger partial charge >= 0.3 is 0 Å². The van der Waals surface area contributed by atoms with Crippen LogP contribution in [0.5, 0.6) is 0 Å². The zero-order chi connectivity index (χ0) is 18.5. The molecule has 7 nitrogen and oxygen atoms in total. The lowest BCUT2D eigenvalue weighted by Gasteiger charge is -2.11. The van der Waals surface area contributed by atoms with Gasteiger partial charge in [-0.3, -0.25) is 19.3 Å². The van der Waals surface area contributed by atoms with Gasteiger partial charge < -0.3 is 10.2 Å². The van der Waals surface area contributed by atoms with Crippen molar-refractivity contribution in [1.82, 2.24) is 19.7 Å². The lowest BCUT2D eigenvalue weighted by molar-refractivity contribution is -0.116. The van der Waals surface area contributed by atoms with Gasteiger partial charge in [0.05, 0.1) is 5.69 Å². The van der Waals surface area contributed by atoms with E-state index in [0.717, 1.165) is 11.3 Å². The highest BCUT2D eigenvalue weighted by atomic mass is 16.2. The first kappa shape index (κ1) is 17.3. The highest BCUT2D eigenvalue weighted by Gasteiger charge is 2.11. The van der Waals surface area contributed by atoms with Crippen LogP contribution in [0.25, 0.3) is 11.3 Å². The molecule has 1 N–H and O–H groups in total. The molecular weight excluding hydrogens is 330 g/mol. The van der Waals surface area contributed by atoms with Crippen molar-refractivity contribution in [3.63, 3.8) is 0 Å². The van der Waals surface area contributed by atoms with Crippen molar-refractivity contribution in [3.8, 4) is 11.3 Å². The largest absolute Gasteiger partial charge is 0.345 e. The topological polar surface area (TPSA) is 80.1 Å². The summed E-state index contributed by atoms with van der Waals surface area (Å²) in [5.41, 5.74) is 2.98. The van der Waals surface area contributed by atoms with E-state index in [0.29, 0.717) is 11.3 Å². The minimum Gasteiger partial charge on any atom is -0.345 e. The Morgan fingerprint density at radius 3 is 2.35 bits per heavy atom. The van der Waals surface area contributed by atoms with Crippen LogP contribution in [-0.2, 0) is 11.3 Å². The fourth-order valence-corrected chi connectivity index (χ4v) is 2.52. The zero-order valence-electron chi connectivity index (χ0n) is 14.6. The Morgan fingerprint density at radius 1 is 1.00 bits per heavy atom. The second-order valence-electron chi connectivity index (χ2n) is 5.94. The van der Waals surface area contributed by atoms with Crippen molar-refractivity contribution in [3.05, 3.63) is 66.6 Å². The number of benzene rings is 1. The molecule has 0 saturated carbocycles. The molecular formula is C19H19N5O2. The van der Waals surface area contributed by atoms with E-state index in [1.807, 2.05) is 18.2 Å². The van der Waals surface area contributed by atoms with Crippen molar-refractivity contribution in [2.75, 3.05) is 19.4 Å². The van der Waals surface area contributed by atoms with Gasteiger partial charge in [-0.2, -0.15) is 5.10 Å². The Bertz CT molecular complexity index is 901. The molecule has 132 valence electrons. The van der Waals surface area contributed by atoms with Gasteiger partial charge in [0.25, 0.3) is 5.91 Å². The Hall–Kier alpha value is -3.48. The maximum atomic E-state index is 12.3. The first-order chi connectivity index (χ1) is 12.5. The summed E-state index contributed by atoms with van der Waals surface area (Å²) in [4.78, 5) is 29.7. The monoisotopic (exact) mass is 349 g/mol. The number of nitrogens with one attached hydrogen (secondary N) is 1. The van der Waals surface area contributed by atoms with Gasteiger partial charge in [0.2, 0.25) is 5.91 Å². The van der Waals surface area contributed by atoms with E-state index >= 15 is 0 Å². The van der Waals surface area contributed by atoms with Crippen LogP contribution in [0.2, 0.25) is 0 Å². The van der Waals surface area contributed by atoms with Gasteiger partial charge in [0, 0.05) is 49.5 Å². The molecule has 26 heavy (non-hydrogen) atoms. The minimum atomic E-state index is -0.198. The number of pyridine rings is 1. The molecule has 3 aromatic rings. The SMILES string of the molecule is CN(C)C(=O)c1ccc(NC(=O)Cn2nccc2-c2ccncc2)cc1. The van der Waals surface area contributed by atoms with Gasteiger partial charge in [-0.05, 0) is 42.5 Å². The third-order valence-electron chi connectivity index (χ3n) is 3.81. The summed E-state index contributed by atoms with van der Waals surface area (Å²) in [7, 11) is 3.39. The van der Waals surface area contributed by atoms with Crippen LogP contribution in [-0.4, -0.2) is 45.6 Å².